The molecule has 2 saturated heterocycles. The molecule has 0 aliphatic carbocycles. The molecule has 0 spiro atoms. The first-order valence-corrected chi connectivity index (χ1v) is 13.2. The van der Waals surface area contributed by atoms with Gasteiger partial charge in [-0.1, -0.05) is 42.3 Å². The molecule has 3 aliphatic heterocycles. The van der Waals surface area contributed by atoms with Crippen LogP contribution >= 0.6 is 11.6 Å². The highest BCUT2D eigenvalue weighted by Gasteiger charge is 2.58. The van der Waals surface area contributed by atoms with Gasteiger partial charge in [0, 0.05) is 32.9 Å². The molecule has 2 N–H and O–H groups in total. The number of halogens is 1. The molecule has 0 aromatic heterocycles. The lowest BCUT2D eigenvalue weighted by molar-refractivity contribution is -0.142. The second-order valence-corrected chi connectivity index (χ2v) is 11.1. The zero-order valence-electron chi connectivity index (χ0n) is 22.7. The molecule has 0 saturated carbocycles. The number of epoxide rings is 1. The number of methoxy groups -OCH3 is 2. The fourth-order valence-electron chi connectivity index (χ4n) is 5.46. The van der Waals surface area contributed by atoms with Gasteiger partial charge in [-0.25, -0.2) is 4.79 Å². The monoisotopic (exact) mass is 548 g/mol. The van der Waals surface area contributed by atoms with Gasteiger partial charge in [0.25, 0.3) is 0 Å². The van der Waals surface area contributed by atoms with E-state index in [1.807, 2.05) is 39.0 Å². The number of rotatable bonds is 2. The number of carbonyl (C=O) groups excluding carboxylic acids is 2. The van der Waals surface area contributed by atoms with Gasteiger partial charge in [-0.3, -0.25) is 10.1 Å². The van der Waals surface area contributed by atoms with Crippen LogP contribution in [0, 0.1) is 5.92 Å². The number of ether oxygens (including phenoxy) is 4. The molecule has 4 bridgehead atoms. The summed E-state index contributed by atoms with van der Waals surface area (Å²) in [5.74, 6) is 0.170. The molecule has 2 amide bonds. The maximum atomic E-state index is 13.2. The summed E-state index contributed by atoms with van der Waals surface area (Å²) in [6.45, 7) is 5.85. The molecular formula is C28H37ClN2O7. The van der Waals surface area contributed by atoms with Crippen LogP contribution in [0.5, 0.6) is 5.75 Å². The highest BCUT2D eigenvalue weighted by molar-refractivity contribution is 6.35. The van der Waals surface area contributed by atoms with Gasteiger partial charge in [-0.2, -0.15) is 0 Å². The van der Waals surface area contributed by atoms with E-state index in [9.17, 15) is 14.7 Å². The van der Waals surface area contributed by atoms with Gasteiger partial charge < -0.3 is 29.0 Å². The van der Waals surface area contributed by atoms with Crippen molar-refractivity contribution in [1.29, 1.82) is 0 Å². The number of aliphatic hydroxyl groups is 1. The smallest absolute Gasteiger partial charge is 0.409 e. The Bertz CT molecular complexity index is 1150. The number of benzene rings is 1. The minimum Gasteiger partial charge on any atom is -0.495 e. The van der Waals surface area contributed by atoms with Gasteiger partial charge in [-0.05, 0) is 44.4 Å². The summed E-state index contributed by atoms with van der Waals surface area (Å²) in [5, 5.41) is 14.3. The van der Waals surface area contributed by atoms with Crippen LogP contribution in [0.1, 0.15) is 45.6 Å². The van der Waals surface area contributed by atoms with Crippen LogP contribution in [0.25, 0.3) is 0 Å². The van der Waals surface area contributed by atoms with E-state index in [1.54, 1.807) is 31.2 Å². The normalized spacial score (nSPS) is 36.3. The zero-order chi connectivity index (χ0) is 27.8. The van der Waals surface area contributed by atoms with Gasteiger partial charge in [-0.15, -0.1) is 0 Å². The van der Waals surface area contributed by atoms with Gasteiger partial charge in [0.1, 0.15) is 23.0 Å². The Labute approximate surface area is 228 Å². The Morgan fingerprint density at radius 3 is 2.68 bits per heavy atom. The van der Waals surface area contributed by atoms with E-state index < -0.39 is 29.6 Å². The Morgan fingerprint density at radius 1 is 1.26 bits per heavy atom. The molecule has 208 valence electrons. The SMILES string of the molecule is COc1cc2cc(c1Cl)N(C)C(=O)CC[C@]1(C)OC1[C@H](C)[C@@H]1C[C@@](O)(NC(=O)O1)[C@H](OC)/C=C/C=C(\C)C2. The van der Waals surface area contributed by atoms with Crippen LogP contribution in [0.2, 0.25) is 5.02 Å². The molecule has 10 heteroatoms. The zero-order valence-corrected chi connectivity index (χ0v) is 23.5. The highest BCUT2D eigenvalue weighted by Crippen LogP contribution is 2.48. The van der Waals surface area contributed by atoms with Crippen LogP contribution in [-0.4, -0.2) is 68.0 Å². The number of allylic oxidation sites excluding steroid dienone is 3. The van der Waals surface area contributed by atoms with Crippen molar-refractivity contribution in [3.63, 3.8) is 0 Å². The second-order valence-electron chi connectivity index (χ2n) is 10.7. The predicted molar refractivity (Wildman–Crippen MR) is 143 cm³/mol. The molecule has 2 fully saturated rings. The van der Waals surface area contributed by atoms with Crippen molar-refractivity contribution in [2.45, 2.75) is 76.1 Å². The van der Waals surface area contributed by atoms with Crippen LogP contribution < -0.4 is 15.0 Å². The number of fused-ring (bicyclic) bond motifs is 5. The van der Waals surface area contributed by atoms with Crippen molar-refractivity contribution in [1.82, 2.24) is 5.32 Å². The van der Waals surface area contributed by atoms with Gasteiger partial charge in [0.15, 0.2) is 5.72 Å². The Hall–Kier alpha value is -2.59. The third-order valence-corrected chi connectivity index (χ3v) is 8.22. The summed E-state index contributed by atoms with van der Waals surface area (Å²) in [7, 11) is 4.73. The van der Waals surface area contributed by atoms with Crippen LogP contribution in [0.3, 0.4) is 0 Å². The molecule has 38 heavy (non-hydrogen) atoms. The summed E-state index contributed by atoms with van der Waals surface area (Å²) in [6, 6.07) is 3.76. The third-order valence-electron chi connectivity index (χ3n) is 7.84. The van der Waals surface area contributed by atoms with Crippen molar-refractivity contribution in [3.8, 4) is 5.75 Å². The quantitative estimate of drug-likeness (QED) is 0.534. The first-order chi connectivity index (χ1) is 17.9. The fourth-order valence-corrected chi connectivity index (χ4v) is 5.78. The molecule has 1 aromatic carbocycles. The second kappa shape index (κ2) is 10.9. The molecule has 1 aromatic rings. The summed E-state index contributed by atoms with van der Waals surface area (Å²) in [5.41, 5.74) is 0.297. The first kappa shape index (κ1) is 28.4. The maximum Gasteiger partial charge on any atom is 0.409 e. The number of alkyl carbamates (subject to hydrolysis) is 1. The summed E-state index contributed by atoms with van der Waals surface area (Å²) >= 11 is 6.61. The van der Waals surface area contributed by atoms with E-state index in [-0.39, 0.29) is 30.8 Å². The molecule has 3 heterocycles. The standard InChI is InChI=1S/C28H37ClN2O7/c1-16-8-7-9-22(36-6)28(34)15-21(37-26(33)30-28)17(2)25-27(3,38-25)11-10-23(32)31(4)19-13-18(12-16)14-20(35-5)24(19)29/h7-9,13-14,17,21-22,25,34H,10-12,15H2,1-6H3,(H,30,33)/b9-7+,16-8+/t17-,21+,22-,25?,27+,28+/m1/s1. The number of anilines is 1. The minimum atomic E-state index is -1.66. The molecule has 9 nitrogen and oxygen atoms in total. The van der Waals surface area contributed by atoms with Crippen molar-refractivity contribution in [2.24, 2.45) is 5.92 Å². The fraction of sp³-hybridized carbons (Fsp3) is 0.571. The van der Waals surface area contributed by atoms with E-state index in [0.29, 0.717) is 29.3 Å². The number of nitrogens with one attached hydrogen (secondary N) is 1. The summed E-state index contributed by atoms with van der Waals surface area (Å²) in [6.07, 6.45) is 4.46. The Kier molecular flexibility index (Phi) is 8.14. The number of carbonyl (C=O) groups is 2. The number of amides is 2. The van der Waals surface area contributed by atoms with Crippen molar-refractivity contribution >= 4 is 29.3 Å². The lowest BCUT2D eigenvalue weighted by Gasteiger charge is -2.42. The van der Waals surface area contributed by atoms with Gasteiger partial charge in [0.2, 0.25) is 5.91 Å². The molecule has 0 radical (unpaired) electrons. The number of hydrogen-bond acceptors (Lipinski definition) is 7. The van der Waals surface area contributed by atoms with Crippen molar-refractivity contribution in [3.05, 3.63) is 46.5 Å². The number of hydrogen-bond donors (Lipinski definition) is 2. The molecule has 3 aliphatic rings. The maximum absolute atomic E-state index is 13.2. The largest absolute Gasteiger partial charge is 0.495 e. The number of nitrogens with zero attached hydrogens (tertiary/aromatic N) is 1. The Morgan fingerprint density at radius 2 is 2.00 bits per heavy atom. The lowest BCUT2D eigenvalue weighted by Crippen LogP contribution is -2.63. The van der Waals surface area contributed by atoms with E-state index in [2.05, 4.69) is 5.32 Å². The van der Waals surface area contributed by atoms with Gasteiger partial charge in [0.05, 0.1) is 24.5 Å². The average Bonchev–Trinajstić information content (AvgIpc) is 3.55. The third kappa shape index (κ3) is 5.71. The van der Waals surface area contributed by atoms with E-state index in [0.717, 1.165) is 11.1 Å². The first-order valence-electron chi connectivity index (χ1n) is 12.8. The van der Waals surface area contributed by atoms with Gasteiger partial charge >= 0.3 is 6.09 Å². The van der Waals surface area contributed by atoms with Crippen molar-refractivity contribution < 1.29 is 33.6 Å². The molecule has 4 rings (SSSR count). The van der Waals surface area contributed by atoms with E-state index in [1.165, 1.54) is 7.11 Å². The lowest BCUT2D eigenvalue weighted by atomic mass is 9.84. The van der Waals surface area contributed by atoms with Crippen LogP contribution in [0.4, 0.5) is 10.5 Å². The topological polar surface area (TPSA) is 110 Å². The van der Waals surface area contributed by atoms with Crippen molar-refractivity contribution in [2.75, 3.05) is 26.2 Å². The van der Waals surface area contributed by atoms with Crippen LogP contribution in [-0.2, 0) is 25.4 Å². The minimum absolute atomic E-state index is 0.104. The molecule has 1 unspecified atom stereocenters. The summed E-state index contributed by atoms with van der Waals surface area (Å²) < 4.78 is 22.7. The highest BCUT2D eigenvalue weighted by atomic mass is 35.5. The van der Waals surface area contributed by atoms with Crippen LogP contribution in [0.15, 0.2) is 35.9 Å². The average molecular weight is 549 g/mol. The molecule has 6 atom stereocenters. The van der Waals surface area contributed by atoms with E-state index >= 15 is 0 Å². The predicted octanol–water partition coefficient (Wildman–Crippen LogP) is 4.15. The van der Waals surface area contributed by atoms with E-state index in [4.69, 9.17) is 30.5 Å². The molecular weight excluding hydrogens is 512 g/mol. The summed E-state index contributed by atoms with van der Waals surface area (Å²) in [4.78, 5) is 27.2. The Balaban J connectivity index is 1.71.